The maximum atomic E-state index is 4.78. The van der Waals surface area contributed by atoms with Crippen LogP contribution in [0.3, 0.4) is 0 Å². The fourth-order valence-corrected chi connectivity index (χ4v) is 2.53. The van der Waals surface area contributed by atoms with Crippen LogP contribution in [0.1, 0.15) is 44.9 Å². The lowest BCUT2D eigenvalue weighted by Gasteiger charge is -2.18. The molecular formula is C16H27N3. The Morgan fingerprint density at radius 1 is 1.26 bits per heavy atom. The van der Waals surface area contributed by atoms with Crippen LogP contribution in [0.15, 0.2) is 12.1 Å². The number of anilines is 1. The fraction of sp³-hybridized carbons (Fsp3) is 0.688. The van der Waals surface area contributed by atoms with E-state index in [9.17, 15) is 0 Å². The highest BCUT2D eigenvalue weighted by atomic mass is 15.2. The summed E-state index contributed by atoms with van der Waals surface area (Å²) < 4.78 is 0. The first-order chi connectivity index (χ1) is 9.19. The molecule has 1 N–H and O–H groups in total. The van der Waals surface area contributed by atoms with Gasteiger partial charge in [0.25, 0.3) is 0 Å². The lowest BCUT2D eigenvalue weighted by molar-refractivity contribution is 0.552. The molecular weight excluding hydrogens is 234 g/mol. The Labute approximate surface area is 117 Å². The van der Waals surface area contributed by atoms with Gasteiger partial charge in [-0.05, 0) is 49.4 Å². The average Bonchev–Trinajstić information content (AvgIpc) is 2.92. The van der Waals surface area contributed by atoms with Crippen molar-refractivity contribution in [1.82, 2.24) is 10.3 Å². The number of hydrogen-bond donors (Lipinski definition) is 1. The second-order valence-electron chi connectivity index (χ2n) is 5.90. The summed E-state index contributed by atoms with van der Waals surface area (Å²) in [6.07, 6.45) is 3.62. The summed E-state index contributed by atoms with van der Waals surface area (Å²) in [6.45, 7) is 11.0. The molecule has 1 aromatic heterocycles. The van der Waals surface area contributed by atoms with Gasteiger partial charge >= 0.3 is 0 Å². The van der Waals surface area contributed by atoms with E-state index in [0.717, 1.165) is 19.5 Å². The summed E-state index contributed by atoms with van der Waals surface area (Å²) in [5.41, 5.74) is 2.58. The lowest BCUT2D eigenvalue weighted by atomic mass is 10.1. The number of rotatable bonds is 6. The molecule has 0 unspecified atom stereocenters. The van der Waals surface area contributed by atoms with Gasteiger partial charge in [-0.15, -0.1) is 0 Å². The second-order valence-corrected chi connectivity index (χ2v) is 5.90. The highest BCUT2D eigenvalue weighted by Gasteiger charge is 2.14. The van der Waals surface area contributed by atoms with Gasteiger partial charge in [-0.1, -0.05) is 20.8 Å². The molecule has 19 heavy (non-hydrogen) atoms. The molecule has 0 atom stereocenters. The molecule has 2 rings (SSSR count). The van der Waals surface area contributed by atoms with Gasteiger partial charge in [-0.2, -0.15) is 0 Å². The van der Waals surface area contributed by atoms with Crippen LogP contribution in [0.25, 0.3) is 0 Å². The number of aryl methyl sites for hydroxylation is 1. The van der Waals surface area contributed by atoms with E-state index in [1.165, 1.54) is 43.0 Å². The van der Waals surface area contributed by atoms with Gasteiger partial charge in [0.15, 0.2) is 0 Å². The third-order valence-corrected chi connectivity index (χ3v) is 3.60. The van der Waals surface area contributed by atoms with Crippen molar-refractivity contribution in [3.05, 3.63) is 23.4 Å². The van der Waals surface area contributed by atoms with Gasteiger partial charge in [0.1, 0.15) is 5.82 Å². The van der Waals surface area contributed by atoms with Gasteiger partial charge < -0.3 is 10.2 Å². The van der Waals surface area contributed by atoms with Gasteiger partial charge in [0.2, 0.25) is 0 Å². The SMILES string of the molecule is CCc1cc(CNCC(C)C)cc(N2CCCC2)n1. The van der Waals surface area contributed by atoms with Gasteiger partial charge in [0, 0.05) is 25.3 Å². The summed E-state index contributed by atoms with van der Waals surface area (Å²) >= 11 is 0. The van der Waals surface area contributed by atoms with Crippen LogP contribution in [-0.2, 0) is 13.0 Å². The van der Waals surface area contributed by atoms with E-state index in [-0.39, 0.29) is 0 Å². The Balaban J connectivity index is 2.06. The maximum Gasteiger partial charge on any atom is 0.129 e. The van der Waals surface area contributed by atoms with E-state index < -0.39 is 0 Å². The van der Waals surface area contributed by atoms with E-state index >= 15 is 0 Å². The first-order valence-electron chi connectivity index (χ1n) is 7.64. The smallest absolute Gasteiger partial charge is 0.129 e. The van der Waals surface area contributed by atoms with E-state index in [1.807, 2.05) is 0 Å². The molecule has 1 aliphatic heterocycles. The molecule has 1 aliphatic rings. The van der Waals surface area contributed by atoms with Crippen molar-refractivity contribution < 1.29 is 0 Å². The zero-order valence-electron chi connectivity index (χ0n) is 12.6. The van der Waals surface area contributed by atoms with Crippen molar-refractivity contribution >= 4 is 5.82 Å². The van der Waals surface area contributed by atoms with Crippen LogP contribution in [0.4, 0.5) is 5.82 Å². The number of nitrogens with one attached hydrogen (secondary N) is 1. The van der Waals surface area contributed by atoms with Crippen LogP contribution < -0.4 is 10.2 Å². The van der Waals surface area contributed by atoms with Crippen LogP contribution in [-0.4, -0.2) is 24.6 Å². The Bertz CT molecular complexity index is 395. The standard InChI is InChI=1S/C16H27N3/c1-4-15-9-14(12-17-11-13(2)3)10-16(18-15)19-7-5-6-8-19/h9-10,13,17H,4-8,11-12H2,1-3H3. The Hall–Kier alpha value is -1.09. The number of nitrogens with zero attached hydrogens (tertiary/aromatic N) is 2. The molecule has 0 bridgehead atoms. The molecule has 0 amide bonds. The molecule has 0 aliphatic carbocycles. The first kappa shape index (κ1) is 14.3. The zero-order chi connectivity index (χ0) is 13.7. The summed E-state index contributed by atoms with van der Waals surface area (Å²) in [5, 5.41) is 3.52. The molecule has 1 aromatic rings. The summed E-state index contributed by atoms with van der Waals surface area (Å²) in [4.78, 5) is 7.20. The molecule has 1 saturated heterocycles. The molecule has 0 spiro atoms. The Morgan fingerprint density at radius 3 is 2.63 bits per heavy atom. The number of aromatic nitrogens is 1. The van der Waals surface area contributed by atoms with E-state index in [1.54, 1.807) is 0 Å². The highest BCUT2D eigenvalue weighted by molar-refractivity contribution is 5.43. The van der Waals surface area contributed by atoms with Crippen molar-refractivity contribution in [3.63, 3.8) is 0 Å². The molecule has 3 nitrogen and oxygen atoms in total. The quantitative estimate of drug-likeness (QED) is 0.853. The zero-order valence-corrected chi connectivity index (χ0v) is 12.6. The molecule has 0 radical (unpaired) electrons. The normalized spacial score (nSPS) is 15.5. The van der Waals surface area contributed by atoms with Gasteiger partial charge in [0.05, 0.1) is 0 Å². The minimum absolute atomic E-state index is 0.700. The molecule has 106 valence electrons. The van der Waals surface area contributed by atoms with Crippen molar-refractivity contribution in [2.75, 3.05) is 24.5 Å². The molecule has 3 heteroatoms. The van der Waals surface area contributed by atoms with Gasteiger partial charge in [-0.3, -0.25) is 0 Å². The largest absolute Gasteiger partial charge is 0.357 e. The van der Waals surface area contributed by atoms with Crippen molar-refractivity contribution in [1.29, 1.82) is 0 Å². The number of hydrogen-bond acceptors (Lipinski definition) is 3. The Kier molecular flexibility index (Phi) is 5.20. The fourth-order valence-electron chi connectivity index (χ4n) is 2.53. The first-order valence-corrected chi connectivity index (χ1v) is 7.64. The lowest BCUT2D eigenvalue weighted by Crippen LogP contribution is -2.22. The average molecular weight is 261 g/mol. The van der Waals surface area contributed by atoms with Crippen molar-refractivity contribution in [2.24, 2.45) is 5.92 Å². The maximum absolute atomic E-state index is 4.78. The Morgan fingerprint density at radius 2 is 2.00 bits per heavy atom. The van der Waals surface area contributed by atoms with Crippen LogP contribution in [0.2, 0.25) is 0 Å². The molecule has 0 saturated carbocycles. The van der Waals surface area contributed by atoms with E-state index in [0.29, 0.717) is 5.92 Å². The van der Waals surface area contributed by atoms with Crippen LogP contribution in [0, 0.1) is 5.92 Å². The number of pyridine rings is 1. The summed E-state index contributed by atoms with van der Waals surface area (Å²) in [6, 6.07) is 4.50. The monoisotopic (exact) mass is 261 g/mol. The summed E-state index contributed by atoms with van der Waals surface area (Å²) in [5.74, 6) is 1.88. The minimum Gasteiger partial charge on any atom is -0.357 e. The molecule has 1 fully saturated rings. The molecule has 2 heterocycles. The molecule has 0 aromatic carbocycles. The van der Waals surface area contributed by atoms with Crippen molar-refractivity contribution in [2.45, 2.75) is 46.6 Å². The van der Waals surface area contributed by atoms with Gasteiger partial charge in [-0.25, -0.2) is 4.98 Å². The van der Waals surface area contributed by atoms with E-state index in [2.05, 4.69) is 43.1 Å². The minimum atomic E-state index is 0.700. The highest BCUT2D eigenvalue weighted by Crippen LogP contribution is 2.20. The van der Waals surface area contributed by atoms with E-state index in [4.69, 9.17) is 4.98 Å². The van der Waals surface area contributed by atoms with Crippen molar-refractivity contribution in [3.8, 4) is 0 Å². The predicted molar refractivity (Wildman–Crippen MR) is 81.6 cm³/mol. The summed E-state index contributed by atoms with van der Waals surface area (Å²) in [7, 11) is 0. The van der Waals surface area contributed by atoms with Crippen LogP contribution >= 0.6 is 0 Å². The third-order valence-electron chi connectivity index (χ3n) is 3.60. The third kappa shape index (κ3) is 4.20. The topological polar surface area (TPSA) is 28.2 Å². The van der Waals surface area contributed by atoms with Crippen LogP contribution in [0.5, 0.6) is 0 Å². The second kappa shape index (κ2) is 6.90. The predicted octanol–water partition coefficient (Wildman–Crippen LogP) is 2.99.